The summed E-state index contributed by atoms with van der Waals surface area (Å²) < 4.78 is 51.5. The third-order valence-electron chi connectivity index (χ3n) is 2.95. The Hall–Kier alpha value is -1.89. The minimum absolute atomic E-state index is 0.143. The van der Waals surface area contributed by atoms with E-state index in [9.17, 15) is 22.4 Å². The number of aryl methyl sites for hydroxylation is 1. The number of hydrogen-bond acceptors (Lipinski definition) is 2. The molecule has 0 saturated carbocycles. The zero-order chi connectivity index (χ0) is 15.6. The molecule has 1 amide bonds. The van der Waals surface area contributed by atoms with Crippen molar-refractivity contribution >= 4 is 17.2 Å². The molecule has 1 aromatic heterocycles. The Kier molecular flexibility index (Phi) is 4.32. The van der Waals surface area contributed by atoms with Gasteiger partial charge in [0, 0.05) is 6.54 Å². The lowest BCUT2D eigenvalue weighted by molar-refractivity contribution is -0.140. The van der Waals surface area contributed by atoms with Gasteiger partial charge in [0.15, 0.2) is 0 Å². The molecule has 0 aliphatic rings. The Labute approximate surface area is 122 Å². The minimum Gasteiger partial charge on any atom is -0.348 e. The van der Waals surface area contributed by atoms with E-state index in [1.54, 1.807) is 0 Å². The number of carbonyl (C=O) groups is 1. The Bertz CT molecular complexity index is 663. The first kappa shape index (κ1) is 15.5. The highest BCUT2D eigenvalue weighted by Gasteiger charge is 2.35. The van der Waals surface area contributed by atoms with Gasteiger partial charge in [-0.05, 0) is 40.9 Å². The molecule has 2 aromatic rings. The molecule has 0 aliphatic carbocycles. The second-order valence-corrected chi connectivity index (χ2v) is 5.17. The number of benzene rings is 1. The number of nitrogens with one attached hydrogen (secondary N) is 1. The summed E-state index contributed by atoms with van der Waals surface area (Å²) in [5, 5.41) is 6.12. The average molecular weight is 317 g/mol. The summed E-state index contributed by atoms with van der Waals surface area (Å²) in [5.41, 5.74) is -0.245. The SMILES string of the molecule is Cc1cscc1CNC(=O)c1cccc(C(F)(F)F)c1F. The van der Waals surface area contributed by atoms with E-state index < -0.39 is 29.0 Å². The Morgan fingerprint density at radius 1 is 1.29 bits per heavy atom. The van der Waals surface area contributed by atoms with Crippen LogP contribution < -0.4 is 5.32 Å². The molecule has 0 fully saturated rings. The van der Waals surface area contributed by atoms with Crippen molar-refractivity contribution in [2.45, 2.75) is 19.6 Å². The van der Waals surface area contributed by atoms with Crippen LogP contribution in [0, 0.1) is 12.7 Å². The van der Waals surface area contributed by atoms with E-state index in [-0.39, 0.29) is 6.54 Å². The van der Waals surface area contributed by atoms with Gasteiger partial charge in [-0.3, -0.25) is 4.79 Å². The third kappa shape index (κ3) is 3.41. The van der Waals surface area contributed by atoms with Crippen LogP contribution in [-0.2, 0) is 12.7 Å². The topological polar surface area (TPSA) is 29.1 Å². The van der Waals surface area contributed by atoms with Crippen LogP contribution in [-0.4, -0.2) is 5.91 Å². The fourth-order valence-corrected chi connectivity index (χ4v) is 2.62. The number of thiophene rings is 1. The molecule has 7 heteroatoms. The van der Waals surface area contributed by atoms with Crippen LogP contribution in [0.25, 0.3) is 0 Å². The van der Waals surface area contributed by atoms with E-state index in [1.807, 2.05) is 17.7 Å². The molecular formula is C14H11F4NOS. The first-order valence-electron chi connectivity index (χ1n) is 5.96. The lowest BCUT2D eigenvalue weighted by atomic mass is 10.1. The third-order valence-corrected chi connectivity index (χ3v) is 3.86. The van der Waals surface area contributed by atoms with Crippen LogP contribution in [0.5, 0.6) is 0 Å². The van der Waals surface area contributed by atoms with Crippen molar-refractivity contribution in [3.8, 4) is 0 Å². The van der Waals surface area contributed by atoms with Crippen molar-refractivity contribution in [1.29, 1.82) is 0 Å². The van der Waals surface area contributed by atoms with Crippen molar-refractivity contribution in [1.82, 2.24) is 5.32 Å². The first-order valence-corrected chi connectivity index (χ1v) is 6.90. The molecule has 112 valence electrons. The summed E-state index contributed by atoms with van der Waals surface area (Å²) in [7, 11) is 0. The van der Waals surface area contributed by atoms with Crippen LogP contribution in [0.3, 0.4) is 0 Å². The second-order valence-electron chi connectivity index (χ2n) is 4.43. The van der Waals surface area contributed by atoms with E-state index in [1.165, 1.54) is 11.3 Å². The van der Waals surface area contributed by atoms with Crippen LogP contribution in [0.15, 0.2) is 29.0 Å². The Balaban J connectivity index is 2.18. The number of carbonyl (C=O) groups excluding carboxylic acids is 1. The van der Waals surface area contributed by atoms with Crippen molar-refractivity contribution in [2.75, 3.05) is 0 Å². The largest absolute Gasteiger partial charge is 0.419 e. The fourth-order valence-electron chi connectivity index (χ4n) is 1.76. The van der Waals surface area contributed by atoms with Gasteiger partial charge in [0.2, 0.25) is 0 Å². The zero-order valence-electron chi connectivity index (χ0n) is 10.9. The van der Waals surface area contributed by atoms with Gasteiger partial charge in [0.25, 0.3) is 5.91 Å². The Morgan fingerprint density at radius 2 is 2.00 bits per heavy atom. The highest BCUT2D eigenvalue weighted by molar-refractivity contribution is 7.08. The van der Waals surface area contributed by atoms with Gasteiger partial charge in [-0.1, -0.05) is 6.07 Å². The molecule has 0 aliphatic heterocycles. The highest BCUT2D eigenvalue weighted by atomic mass is 32.1. The molecule has 0 radical (unpaired) electrons. The van der Waals surface area contributed by atoms with Crippen LogP contribution >= 0.6 is 11.3 Å². The summed E-state index contributed by atoms with van der Waals surface area (Å²) in [5.74, 6) is -2.42. The van der Waals surface area contributed by atoms with Crippen molar-refractivity contribution in [3.05, 3.63) is 57.0 Å². The maximum atomic E-state index is 13.8. The summed E-state index contributed by atoms with van der Waals surface area (Å²) >= 11 is 1.45. The fraction of sp³-hybridized carbons (Fsp3) is 0.214. The lowest BCUT2D eigenvalue weighted by Crippen LogP contribution is -2.25. The molecule has 0 saturated heterocycles. The maximum absolute atomic E-state index is 13.8. The highest BCUT2D eigenvalue weighted by Crippen LogP contribution is 2.32. The average Bonchev–Trinajstić information content (AvgIpc) is 2.80. The molecule has 0 bridgehead atoms. The van der Waals surface area contributed by atoms with Gasteiger partial charge in [-0.15, -0.1) is 0 Å². The van der Waals surface area contributed by atoms with Gasteiger partial charge >= 0.3 is 6.18 Å². The number of amides is 1. The molecule has 1 N–H and O–H groups in total. The standard InChI is InChI=1S/C14H11F4NOS/c1-8-6-21-7-9(8)5-19-13(20)10-3-2-4-11(12(10)15)14(16,17)18/h2-4,6-7H,5H2,1H3,(H,19,20). The number of halogens is 4. The van der Waals surface area contributed by atoms with Crippen LogP contribution in [0.2, 0.25) is 0 Å². The van der Waals surface area contributed by atoms with E-state index >= 15 is 0 Å². The monoisotopic (exact) mass is 317 g/mol. The number of hydrogen-bond donors (Lipinski definition) is 1. The smallest absolute Gasteiger partial charge is 0.348 e. The van der Waals surface area contributed by atoms with E-state index in [0.29, 0.717) is 6.07 Å². The van der Waals surface area contributed by atoms with Crippen molar-refractivity contribution in [2.24, 2.45) is 0 Å². The van der Waals surface area contributed by atoms with Crippen molar-refractivity contribution in [3.63, 3.8) is 0 Å². The van der Waals surface area contributed by atoms with Crippen molar-refractivity contribution < 1.29 is 22.4 Å². The van der Waals surface area contributed by atoms with Gasteiger partial charge in [-0.2, -0.15) is 24.5 Å². The summed E-state index contributed by atoms with van der Waals surface area (Å²) in [6, 6.07) is 2.65. The predicted molar refractivity (Wildman–Crippen MR) is 71.6 cm³/mol. The predicted octanol–water partition coefficient (Wildman–Crippen LogP) is 4.14. The van der Waals surface area contributed by atoms with Crippen LogP contribution in [0.4, 0.5) is 17.6 Å². The van der Waals surface area contributed by atoms with Gasteiger partial charge in [-0.25, -0.2) is 4.39 Å². The molecule has 2 nitrogen and oxygen atoms in total. The molecule has 1 heterocycles. The maximum Gasteiger partial charge on any atom is 0.419 e. The molecule has 21 heavy (non-hydrogen) atoms. The summed E-state index contributed by atoms with van der Waals surface area (Å²) in [4.78, 5) is 11.8. The van der Waals surface area contributed by atoms with Gasteiger partial charge in [0.1, 0.15) is 5.82 Å². The van der Waals surface area contributed by atoms with E-state index in [4.69, 9.17) is 0 Å². The minimum atomic E-state index is -4.83. The lowest BCUT2D eigenvalue weighted by Gasteiger charge is -2.11. The number of alkyl halides is 3. The molecule has 0 spiro atoms. The van der Waals surface area contributed by atoms with E-state index in [0.717, 1.165) is 23.3 Å². The normalized spacial score (nSPS) is 11.5. The summed E-state index contributed by atoms with van der Waals surface area (Å²) in [6.45, 7) is 1.99. The number of rotatable bonds is 3. The quantitative estimate of drug-likeness (QED) is 0.847. The summed E-state index contributed by atoms with van der Waals surface area (Å²) in [6.07, 6.45) is -4.83. The van der Waals surface area contributed by atoms with Crippen LogP contribution in [0.1, 0.15) is 27.0 Å². The molecule has 0 unspecified atom stereocenters. The Morgan fingerprint density at radius 3 is 2.57 bits per heavy atom. The molecule has 0 atom stereocenters. The van der Waals surface area contributed by atoms with Gasteiger partial charge in [0.05, 0.1) is 11.1 Å². The molecular weight excluding hydrogens is 306 g/mol. The van der Waals surface area contributed by atoms with E-state index in [2.05, 4.69) is 5.32 Å². The first-order chi connectivity index (χ1) is 9.80. The molecule has 2 rings (SSSR count). The van der Waals surface area contributed by atoms with Gasteiger partial charge < -0.3 is 5.32 Å². The second kappa shape index (κ2) is 5.85. The zero-order valence-corrected chi connectivity index (χ0v) is 11.7. The molecule has 1 aromatic carbocycles.